The highest BCUT2D eigenvalue weighted by atomic mass is 32.1. The van der Waals surface area contributed by atoms with Crippen molar-refractivity contribution in [3.8, 4) is 0 Å². The smallest absolute Gasteiger partial charge is 0.0764 e. The molecule has 2 aliphatic carbocycles. The Balaban J connectivity index is 2.16. The summed E-state index contributed by atoms with van der Waals surface area (Å²) in [6, 6.07) is 0. The molecule has 2 rings (SSSR count). The minimum absolute atomic E-state index is 0.519. The van der Waals surface area contributed by atoms with Gasteiger partial charge >= 0.3 is 0 Å². The fraction of sp³-hybridized carbons (Fsp3) is 0.625. The molecule has 0 aromatic heterocycles. The van der Waals surface area contributed by atoms with Crippen LogP contribution in [0.25, 0.3) is 0 Å². The Bertz CT molecular complexity index is 197. The lowest BCUT2D eigenvalue weighted by atomic mass is 9.94. The topological polar surface area (TPSA) is 26.0 Å². The molecule has 10 heavy (non-hydrogen) atoms. The Kier molecular flexibility index (Phi) is 1.31. The van der Waals surface area contributed by atoms with E-state index in [1.54, 1.807) is 0 Å². The maximum Gasteiger partial charge on any atom is 0.0764 e. The van der Waals surface area contributed by atoms with Crippen molar-refractivity contribution >= 4 is 17.2 Å². The molecular formula is C8H11NS. The number of rotatable bonds is 1. The third-order valence-electron chi connectivity index (χ3n) is 2.64. The first-order valence-corrected chi connectivity index (χ1v) is 4.16. The van der Waals surface area contributed by atoms with Crippen molar-refractivity contribution < 1.29 is 0 Å². The predicted octanol–water partition coefficient (Wildman–Crippen LogP) is 1.48. The lowest BCUT2D eigenvalue weighted by molar-refractivity contribution is 0.587. The highest BCUT2D eigenvalue weighted by Crippen LogP contribution is 2.43. The van der Waals surface area contributed by atoms with E-state index in [0.29, 0.717) is 11.8 Å². The maximum atomic E-state index is 5.58. The Morgan fingerprint density at radius 3 is 2.50 bits per heavy atom. The van der Waals surface area contributed by atoms with Crippen LogP contribution >= 0.6 is 12.2 Å². The van der Waals surface area contributed by atoms with Gasteiger partial charge in [-0.3, -0.25) is 0 Å². The molecule has 2 N–H and O–H groups in total. The average Bonchev–Trinajstić information content (AvgIpc) is 2.44. The summed E-state index contributed by atoms with van der Waals surface area (Å²) < 4.78 is 0. The monoisotopic (exact) mass is 153 g/mol. The molecule has 0 amide bonds. The quantitative estimate of drug-likeness (QED) is 0.456. The number of thiocarbonyl (C=S) groups is 1. The zero-order valence-corrected chi connectivity index (χ0v) is 6.60. The highest BCUT2D eigenvalue weighted by molar-refractivity contribution is 7.80. The largest absolute Gasteiger partial charge is 0.393 e. The molecule has 0 aliphatic heterocycles. The first-order valence-electron chi connectivity index (χ1n) is 3.75. The zero-order chi connectivity index (χ0) is 7.14. The third kappa shape index (κ3) is 0.788. The fourth-order valence-electron chi connectivity index (χ4n) is 2.11. The van der Waals surface area contributed by atoms with E-state index in [1.165, 1.54) is 12.8 Å². The van der Waals surface area contributed by atoms with Crippen LogP contribution in [0.1, 0.15) is 12.8 Å². The van der Waals surface area contributed by atoms with Gasteiger partial charge in [0, 0.05) is 5.92 Å². The summed E-state index contributed by atoms with van der Waals surface area (Å²) in [5.41, 5.74) is 5.58. The van der Waals surface area contributed by atoms with Crippen LogP contribution in [0, 0.1) is 17.8 Å². The van der Waals surface area contributed by atoms with Gasteiger partial charge in [0.25, 0.3) is 0 Å². The van der Waals surface area contributed by atoms with E-state index in [1.807, 2.05) is 0 Å². The second-order valence-corrected chi connectivity index (χ2v) is 3.76. The highest BCUT2D eigenvalue weighted by Gasteiger charge is 2.36. The van der Waals surface area contributed by atoms with Gasteiger partial charge in [0.1, 0.15) is 0 Å². The van der Waals surface area contributed by atoms with Gasteiger partial charge in [-0.1, -0.05) is 24.4 Å². The van der Waals surface area contributed by atoms with Crippen molar-refractivity contribution in [3.63, 3.8) is 0 Å². The molecule has 2 aliphatic rings. The van der Waals surface area contributed by atoms with E-state index >= 15 is 0 Å². The van der Waals surface area contributed by atoms with Gasteiger partial charge in [-0.15, -0.1) is 0 Å². The molecule has 0 saturated heterocycles. The first kappa shape index (κ1) is 6.35. The normalized spacial score (nSPS) is 42.6. The summed E-state index contributed by atoms with van der Waals surface area (Å²) in [6.07, 6.45) is 7.08. The van der Waals surface area contributed by atoms with Gasteiger partial charge in [0.05, 0.1) is 4.99 Å². The minimum Gasteiger partial charge on any atom is -0.393 e. The molecule has 2 heteroatoms. The second kappa shape index (κ2) is 2.06. The molecule has 0 aromatic rings. The number of hydrogen-bond acceptors (Lipinski definition) is 1. The van der Waals surface area contributed by atoms with Crippen LogP contribution < -0.4 is 5.73 Å². The lowest BCUT2D eigenvalue weighted by Gasteiger charge is -2.15. The van der Waals surface area contributed by atoms with Crippen molar-refractivity contribution in [1.82, 2.24) is 0 Å². The van der Waals surface area contributed by atoms with E-state index in [2.05, 4.69) is 12.2 Å². The molecule has 3 atom stereocenters. The minimum atomic E-state index is 0.519. The van der Waals surface area contributed by atoms with Crippen LogP contribution in [-0.2, 0) is 0 Å². The molecule has 1 nitrogen and oxygen atoms in total. The molecule has 0 spiro atoms. The fourth-order valence-corrected chi connectivity index (χ4v) is 2.38. The number of hydrogen-bond donors (Lipinski definition) is 1. The Hall–Kier alpha value is -0.370. The zero-order valence-electron chi connectivity index (χ0n) is 5.79. The molecule has 0 heterocycles. The average molecular weight is 153 g/mol. The summed E-state index contributed by atoms with van der Waals surface area (Å²) in [6.45, 7) is 0. The second-order valence-electron chi connectivity index (χ2n) is 3.29. The van der Waals surface area contributed by atoms with Gasteiger partial charge in [0.15, 0.2) is 0 Å². The van der Waals surface area contributed by atoms with Crippen molar-refractivity contribution in [3.05, 3.63) is 12.2 Å². The third-order valence-corrected chi connectivity index (χ3v) is 2.95. The molecule has 54 valence electrons. The molecule has 2 bridgehead atoms. The van der Waals surface area contributed by atoms with E-state index < -0.39 is 0 Å². The van der Waals surface area contributed by atoms with Gasteiger partial charge < -0.3 is 5.73 Å². The van der Waals surface area contributed by atoms with Gasteiger partial charge in [-0.2, -0.15) is 0 Å². The Morgan fingerprint density at radius 2 is 2.20 bits per heavy atom. The Labute approximate surface area is 66.3 Å². The van der Waals surface area contributed by atoms with Crippen LogP contribution in [0.4, 0.5) is 0 Å². The van der Waals surface area contributed by atoms with E-state index in [-0.39, 0.29) is 0 Å². The molecule has 0 radical (unpaired) electrons. The maximum absolute atomic E-state index is 5.58. The number of fused-ring (bicyclic) bond motifs is 2. The van der Waals surface area contributed by atoms with Crippen LogP contribution in [-0.4, -0.2) is 4.99 Å². The summed E-state index contributed by atoms with van der Waals surface area (Å²) in [5.74, 6) is 1.99. The van der Waals surface area contributed by atoms with Crippen molar-refractivity contribution in [1.29, 1.82) is 0 Å². The van der Waals surface area contributed by atoms with E-state index in [0.717, 1.165) is 10.9 Å². The van der Waals surface area contributed by atoms with E-state index in [9.17, 15) is 0 Å². The molecule has 1 saturated carbocycles. The number of nitrogens with two attached hydrogens (primary N) is 1. The molecule has 3 unspecified atom stereocenters. The van der Waals surface area contributed by atoms with Crippen LogP contribution in [0.3, 0.4) is 0 Å². The molecule has 0 aromatic carbocycles. The Morgan fingerprint density at radius 1 is 1.40 bits per heavy atom. The van der Waals surface area contributed by atoms with Crippen molar-refractivity contribution in [2.75, 3.05) is 0 Å². The SMILES string of the molecule is NC(=S)C1CC2C=CC1C2. The van der Waals surface area contributed by atoms with Gasteiger partial charge in [-0.05, 0) is 24.7 Å². The lowest BCUT2D eigenvalue weighted by Crippen LogP contribution is -2.24. The molecular weight excluding hydrogens is 142 g/mol. The van der Waals surface area contributed by atoms with Crippen molar-refractivity contribution in [2.45, 2.75) is 12.8 Å². The van der Waals surface area contributed by atoms with Gasteiger partial charge in [-0.25, -0.2) is 0 Å². The summed E-state index contributed by atoms with van der Waals surface area (Å²) in [4.78, 5) is 0.719. The predicted molar refractivity (Wildman–Crippen MR) is 45.6 cm³/mol. The van der Waals surface area contributed by atoms with Crippen LogP contribution in [0.2, 0.25) is 0 Å². The van der Waals surface area contributed by atoms with Crippen LogP contribution in [0.15, 0.2) is 12.2 Å². The standard InChI is InChI=1S/C8H11NS/c9-8(10)7-4-5-1-2-6(7)3-5/h1-2,5-7H,3-4H2,(H2,9,10). The van der Waals surface area contributed by atoms with Crippen LogP contribution in [0.5, 0.6) is 0 Å². The van der Waals surface area contributed by atoms with Crippen molar-refractivity contribution in [2.24, 2.45) is 23.5 Å². The summed E-state index contributed by atoms with van der Waals surface area (Å²) in [5, 5.41) is 0. The van der Waals surface area contributed by atoms with E-state index in [4.69, 9.17) is 18.0 Å². The summed E-state index contributed by atoms with van der Waals surface area (Å²) in [7, 11) is 0. The number of allylic oxidation sites excluding steroid dienone is 2. The molecule has 1 fully saturated rings. The van der Waals surface area contributed by atoms with Gasteiger partial charge in [0.2, 0.25) is 0 Å². The summed E-state index contributed by atoms with van der Waals surface area (Å²) >= 11 is 4.96. The first-order chi connectivity index (χ1) is 4.77.